The summed E-state index contributed by atoms with van der Waals surface area (Å²) in [6.07, 6.45) is 0.832. The largest absolute Gasteiger partial charge is 0.358 e. The average Bonchev–Trinajstić information content (AvgIpc) is 2.70. The standard InChI is InChI=1S/C11H10N2O3/c1-7(6-14)11-5-8-4-9(13(15)16)2-3-10(8)12-11/h2-7,12H,1H3. The quantitative estimate of drug-likeness (QED) is 0.488. The molecule has 0 radical (unpaired) electrons. The van der Waals surface area contributed by atoms with E-state index in [1.807, 2.05) is 0 Å². The van der Waals surface area contributed by atoms with E-state index in [1.165, 1.54) is 12.1 Å². The Morgan fingerprint density at radius 3 is 2.81 bits per heavy atom. The Morgan fingerprint density at radius 1 is 1.44 bits per heavy atom. The van der Waals surface area contributed by atoms with Gasteiger partial charge in [-0.25, -0.2) is 0 Å². The van der Waals surface area contributed by atoms with Gasteiger partial charge >= 0.3 is 0 Å². The lowest BCUT2D eigenvalue weighted by molar-refractivity contribution is -0.384. The zero-order chi connectivity index (χ0) is 11.7. The number of nitrogens with one attached hydrogen (secondary N) is 1. The predicted octanol–water partition coefficient (Wildman–Crippen LogP) is 2.38. The van der Waals surface area contributed by atoms with Gasteiger partial charge in [-0.05, 0) is 12.1 Å². The van der Waals surface area contributed by atoms with E-state index in [0.717, 1.165) is 22.9 Å². The average molecular weight is 218 g/mol. The topological polar surface area (TPSA) is 76.0 Å². The van der Waals surface area contributed by atoms with Gasteiger partial charge in [0.1, 0.15) is 6.29 Å². The number of nitro benzene ring substituents is 1. The van der Waals surface area contributed by atoms with Crippen LogP contribution in [0.15, 0.2) is 24.3 Å². The van der Waals surface area contributed by atoms with E-state index in [4.69, 9.17) is 0 Å². The lowest BCUT2D eigenvalue weighted by atomic mass is 10.1. The summed E-state index contributed by atoms with van der Waals surface area (Å²) in [7, 11) is 0. The second-order valence-corrected chi connectivity index (χ2v) is 3.68. The van der Waals surface area contributed by atoms with Crippen LogP contribution < -0.4 is 0 Å². The summed E-state index contributed by atoms with van der Waals surface area (Å²) in [5.41, 5.74) is 1.62. The van der Waals surface area contributed by atoms with E-state index >= 15 is 0 Å². The molecule has 0 aliphatic rings. The van der Waals surface area contributed by atoms with Crippen LogP contribution in [0.1, 0.15) is 18.5 Å². The highest BCUT2D eigenvalue weighted by Gasteiger charge is 2.11. The zero-order valence-corrected chi connectivity index (χ0v) is 8.64. The van der Waals surface area contributed by atoms with Gasteiger partial charge in [0.25, 0.3) is 5.69 Å². The number of hydrogen-bond acceptors (Lipinski definition) is 3. The number of nitrogens with zero attached hydrogens (tertiary/aromatic N) is 1. The van der Waals surface area contributed by atoms with Crippen LogP contribution in [0.5, 0.6) is 0 Å². The maximum atomic E-state index is 10.6. The third-order valence-corrected chi connectivity index (χ3v) is 2.53. The number of carbonyl (C=O) groups is 1. The van der Waals surface area contributed by atoms with Crippen molar-refractivity contribution in [3.8, 4) is 0 Å². The number of aromatic nitrogens is 1. The minimum atomic E-state index is -0.435. The summed E-state index contributed by atoms with van der Waals surface area (Å²) in [6, 6.07) is 6.34. The molecule has 2 aromatic rings. The highest BCUT2D eigenvalue weighted by molar-refractivity contribution is 5.83. The number of fused-ring (bicyclic) bond motifs is 1. The van der Waals surface area contributed by atoms with E-state index in [2.05, 4.69) is 4.98 Å². The number of H-pyrrole nitrogens is 1. The normalized spacial score (nSPS) is 12.6. The van der Waals surface area contributed by atoms with E-state index in [-0.39, 0.29) is 11.6 Å². The van der Waals surface area contributed by atoms with Crippen molar-refractivity contribution in [1.82, 2.24) is 4.98 Å². The fourth-order valence-corrected chi connectivity index (χ4v) is 1.57. The molecule has 82 valence electrons. The minimum absolute atomic E-state index is 0.0526. The highest BCUT2D eigenvalue weighted by Crippen LogP contribution is 2.24. The molecule has 0 amide bonds. The van der Waals surface area contributed by atoms with Crippen molar-refractivity contribution in [2.45, 2.75) is 12.8 Å². The molecule has 1 aromatic heterocycles. The van der Waals surface area contributed by atoms with Crippen LogP contribution in [0, 0.1) is 10.1 Å². The SMILES string of the molecule is CC(C=O)c1cc2cc([N+](=O)[O-])ccc2[nH]1. The van der Waals surface area contributed by atoms with Crippen LogP contribution in [-0.4, -0.2) is 16.2 Å². The maximum Gasteiger partial charge on any atom is 0.270 e. The molecule has 2 rings (SSSR count). The first-order chi connectivity index (χ1) is 7.61. The van der Waals surface area contributed by atoms with Gasteiger partial charge in [0.2, 0.25) is 0 Å². The Balaban J connectivity index is 2.53. The van der Waals surface area contributed by atoms with E-state index in [1.54, 1.807) is 19.1 Å². The lowest BCUT2D eigenvalue weighted by Gasteiger charge is -1.96. The fourth-order valence-electron chi connectivity index (χ4n) is 1.57. The van der Waals surface area contributed by atoms with E-state index in [0.29, 0.717) is 0 Å². The summed E-state index contributed by atoms with van der Waals surface area (Å²) >= 11 is 0. The Hall–Kier alpha value is -2.17. The first kappa shape index (κ1) is 10.4. The second-order valence-electron chi connectivity index (χ2n) is 3.68. The van der Waals surface area contributed by atoms with Crippen molar-refractivity contribution >= 4 is 22.9 Å². The molecule has 16 heavy (non-hydrogen) atoms. The molecule has 0 aliphatic carbocycles. The van der Waals surface area contributed by atoms with Crippen LogP contribution in [-0.2, 0) is 4.79 Å². The molecule has 0 saturated carbocycles. The molecule has 1 heterocycles. The predicted molar refractivity (Wildman–Crippen MR) is 59.4 cm³/mol. The van der Waals surface area contributed by atoms with Crippen molar-refractivity contribution in [1.29, 1.82) is 0 Å². The number of aromatic amines is 1. The Labute approximate surface area is 91.2 Å². The summed E-state index contributed by atoms with van der Waals surface area (Å²) < 4.78 is 0. The number of benzene rings is 1. The molecular formula is C11H10N2O3. The highest BCUT2D eigenvalue weighted by atomic mass is 16.6. The number of nitro groups is 1. The third-order valence-electron chi connectivity index (χ3n) is 2.53. The zero-order valence-electron chi connectivity index (χ0n) is 8.64. The molecule has 5 nitrogen and oxygen atoms in total. The summed E-state index contributed by atoms with van der Waals surface area (Å²) in [6.45, 7) is 1.77. The smallest absolute Gasteiger partial charge is 0.270 e. The number of rotatable bonds is 3. The number of aldehydes is 1. The second kappa shape index (κ2) is 3.77. The fraction of sp³-hybridized carbons (Fsp3) is 0.182. The van der Waals surface area contributed by atoms with Gasteiger partial charge < -0.3 is 9.78 Å². The summed E-state index contributed by atoms with van der Waals surface area (Å²) in [5.74, 6) is -0.230. The minimum Gasteiger partial charge on any atom is -0.358 e. The van der Waals surface area contributed by atoms with E-state index in [9.17, 15) is 14.9 Å². The monoisotopic (exact) mass is 218 g/mol. The van der Waals surface area contributed by atoms with Crippen molar-refractivity contribution in [2.75, 3.05) is 0 Å². The van der Waals surface area contributed by atoms with Crippen LogP contribution >= 0.6 is 0 Å². The van der Waals surface area contributed by atoms with Gasteiger partial charge in [-0.3, -0.25) is 10.1 Å². The molecule has 5 heteroatoms. The van der Waals surface area contributed by atoms with Crippen molar-refractivity contribution in [3.05, 3.63) is 40.1 Å². The Morgan fingerprint density at radius 2 is 2.19 bits per heavy atom. The van der Waals surface area contributed by atoms with Gasteiger partial charge in [-0.2, -0.15) is 0 Å². The molecule has 0 spiro atoms. The molecule has 1 aromatic carbocycles. The summed E-state index contributed by atoms with van der Waals surface area (Å²) in [5, 5.41) is 11.3. The van der Waals surface area contributed by atoms with Gasteiger partial charge in [-0.1, -0.05) is 6.92 Å². The molecule has 0 bridgehead atoms. The third kappa shape index (κ3) is 1.67. The molecule has 1 atom stereocenters. The van der Waals surface area contributed by atoms with E-state index < -0.39 is 4.92 Å². The van der Waals surface area contributed by atoms with Crippen molar-refractivity contribution in [2.24, 2.45) is 0 Å². The Kier molecular flexibility index (Phi) is 2.44. The van der Waals surface area contributed by atoms with Crippen LogP contribution in [0.25, 0.3) is 10.9 Å². The lowest BCUT2D eigenvalue weighted by Crippen LogP contribution is -1.93. The molecule has 1 N–H and O–H groups in total. The van der Waals surface area contributed by atoms with Crippen LogP contribution in [0.2, 0.25) is 0 Å². The van der Waals surface area contributed by atoms with Gasteiger partial charge in [0.15, 0.2) is 0 Å². The molecule has 1 unspecified atom stereocenters. The Bertz CT molecular complexity index is 559. The van der Waals surface area contributed by atoms with Gasteiger partial charge in [-0.15, -0.1) is 0 Å². The van der Waals surface area contributed by atoms with Crippen LogP contribution in [0.4, 0.5) is 5.69 Å². The first-order valence-corrected chi connectivity index (χ1v) is 4.84. The molecular weight excluding hydrogens is 208 g/mol. The van der Waals surface area contributed by atoms with Gasteiger partial charge in [0, 0.05) is 28.7 Å². The number of non-ortho nitro benzene ring substituents is 1. The van der Waals surface area contributed by atoms with Crippen LogP contribution in [0.3, 0.4) is 0 Å². The van der Waals surface area contributed by atoms with Gasteiger partial charge in [0.05, 0.1) is 10.8 Å². The van der Waals surface area contributed by atoms with Crippen molar-refractivity contribution in [3.63, 3.8) is 0 Å². The molecule has 0 aliphatic heterocycles. The first-order valence-electron chi connectivity index (χ1n) is 4.84. The van der Waals surface area contributed by atoms with Crippen molar-refractivity contribution < 1.29 is 9.72 Å². The summed E-state index contributed by atoms with van der Waals surface area (Å²) in [4.78, 5) is 23.8. The maximum absolute atomic E-state index is 10.6. The number of hydrogen-bond donors (Lipinski definition) is 1. The molecule has 0 fully saturated rings. The number of carbonyl (C=O) groups excluding carboxylic acids is 1. The molecule has 0 saturated heterocycles.